The van der Waals surface area contributed by atoms with Crippen molar-refractivity contribution in [2.75, 3.05) is 13.1 Å². The van der Waals surface area contributed by atoms with E-state index >= 15 is 0 Å². The van der Waals surface area contributed by atoms with Crippen LogP contribution < -0.4 is 5.32 Å². The zero-order valence-electron chi connectivity index (χ0n) is 10.4. The van der Waals surface area contributed by atoms with Gasteiger partial charge in [-0.1, -0.05) is 6.92 Å². The molecule has 2 amide bonds. The standard InChI is InChI=1S/C12H15BrN2O3S/c1-7-5-15(6-8(7)11(16)17)12(18)14-4-10-9(13)2-3-19-10/h2-3,7-8H,4-6H2,1H3,(H,14,18)(H,16,17)/t7-,8-/m1/s1. The van der Waals surface area contributed by atoms with E-state index in [4.69, 9.17) is 5.11 Å². The average molecular weight is 347 g/mol. The first-order valence-corrected chi connectivity index (χ1v) is 7.63. The minimum atomic E-state index is -0.830. The number of thiophene rings is 1. The monoisotopic (exact) mass is 346 g/mol. The van der Waals surface area contributed by atoms with E-state index in [1.54, 1.807) is 16.2 Å². The summed E-state index contributed by atoms with van der Waals surface area (Å²) in [4.78, 5) is 25.6. The highest BCUT2D eigenvalue weighted by molar-refractivity contribution is 9.10. The second-order valence-corrected chi connectivity index (χ2v) is 6.53. The fourth-order valence-corrected chi connectivity index (χ4v) is 3.61. The van der Waals surface area contributed by atoms with E-state index in [9.17, 15) is 9.59 Å². The smallest absolute Gasteiger partial charge is 0.317 e. The molecule has 0 spiro atoms. The van der Waals surface area contributed by atoms with Crippen molar-refractivity contribution in [2.45, 2.75) is 13.5 Å². The van der Waals surface area contributed by atoms with Crippen LogP contribution in [0.25, 0.3) is 0 Å². The van der Waals surface area contributed by atoms with Crippen LogP contribution in [0.2, 0.25) is 0 Å². The van der Waals surface area contributed by atoms with E-state index in [0.717, 1.165) is 9.35 Å². The number of carbonyl (C=O) groups excluding carboxylic acids is 1. The quantitative estimate of drug-likeness (QED) is 0.882. The Bertz CT molecular complexity index is 491. The SMILES string of the molecule is C[C@@H]1CN(C(=O)NCc2sccc2Br)C[C@H]1C(=O)O. The maximum absolute atomic E-state index is 12.0. The Morgan fingerprint density at radius 2 is 2.32 bits per heavy atom. The topological polar surface area (TPSA) is 69.6 Å². The van der Waals surface area contributed by atoms with Crippen LogP contribution in [0.1, 0.15) is 11.8 Å². The third kappa shape index (κ3) is 3.27. The van der Waals surface area contributed by atoms with Crippen molar-refractivity contribution in [1.82, 2.24) is 10.2 Å². The summed E-state index contributed by atoms with van der Waals surface area (Å²) in [6, 6.07) is 1.74. The van der Waals surface area contributed by atoms with E-state index < -0.39 is 11.9 Å². The number of hydrogen-bond donors (Lipinski definition) is 2. The van der Waals surface area contributed by atoms with Gasteiger partial charge >= 0.3 is 12.0 Å². The van der Waals surface area contributed by atoms with Crippen molar-refractivity contribution in [1.29, 1.82) is 0 Å². The van der Waals surface area contributed by atoms with Gasteiger partial charge in [0.1, 0.15) is 0 Å². The zero-order chi connectivity index (χ0) is 14.0. The number of nitrogens with one attached hydrogen (secondary N) is 1. The second-order valence-electron chi connectivity index (χ2n) is 4.68. The molecular weight excluding hydrogens is 332 g/mol. The lowest BCUT2D eigenvalue weighted by atomic mass is 9.99. The van der Waals surface area contributed by atoms with Crippen LogP contribution in [0, 0.1) is 11.8 Å². The third-order valence-electron chi connectivity index (χ3n) is 3.31. The van der Waals surface area contributed by atoms with Gasteiger partial charge in [0.05, 0.1) is 12.5 Å². The van der Waals surface area contributed by atoms with Crippen molar-refractivity contribution in [3.63, 3.8) is 0 Å². The maximum Gasteiger partial charge on any atom is 0.317 e. The van der Waals surface area contributed by atoms with Gasteiger partial charge in [-0.3, -0.25) is 4.79 Å². The molecule has 0 aromatic carbocycles. The van der Waals surface area contributed by atoms with Gasteiger partial charge in [-0.15, -0.1) is 11.3 Å². The number of carbonyl (C=O) groups is 2. The molecular formula is C12H15BrN2O3S. The molecule has 104 valence electrons. The van der Waals surface area contributed by atoms with E-state index in [-0.39, 0.29) is 18.5 Å². The van der Waals surface area contributed by atoms with E-state index in [1.165, 1.54) is 0 Å². The van der Waals surface area contributed by atoms with Gasteiger partial charge in [0.15, 0.2) is 0 Å². The van der Waals surface area contributed by atoms with Crippen molar-refractivity contribution < 1.29 is 14.7 Å². The number of rotatable bonds is 3. The van der Waals surface area contributed by atoms with E-state index in [2.05, 4.69) is 21.2 Å². The van der Waals surface area contributed by atoms with Crippen molar-refractivity contribution in [3.05, 3.63) is 20.8 Å². The number of carboxylic acid groups (broad SMARTS) is 1. The summed E-state index contributed by atoms with van der Waals surface area (Å²) in [6.45, 7) is 3.10. The number of amides is 2. The maximum atomic E-state index is 12.0. The fourth-order valence-electron chi connectivity index (χ4n) is 2.17. The molecule has 0 unspecified atom stereocenters. The Morgan fingerprint density at radius 3 is 2.84 bits per heavy atom. The van der Waals surface area contributed by atoms with Crippen molar-refractivity contribution >= 4 is 39.3 Å². The number of likely N-dealkylation sites (tertiary alicyclic amines) is 1. The predicted octanol–water partition coefficient (Wildman–Crippen LogP) is 2.37. The van der Waals surface area contributed by atoms with Crippen LogP contribution in [0.15, 0.2) is 15.9 Å². The molecule has 1 fully saturated rings. The molecule has 19 heavy (non-hydrogen) atoms. The summed E-state index contributed by atoms with van der Waals surface area (Å²) in [5.41, 5.74) is 0. The molecule has 2 heterocycles. The molecule has 5 nitrogen and oxygen atoms in total. The summed E-state index contributed by atoms with van der Waals surface area (Å²) >= 11 is 4.97. The molecule has 1 aliphatic rings. The van der Waals surface area contributed by atoms with E-state index in [1.807, 2.05) is 18.4 Å². The molecule has 1 aliphatic heterocycles. The summed E-state index contributed by atoms with van der Waals surface area (Å²) in [6.07, 6.45) is 0. The summed E-state index contributed by atoms with van der Waals surface area (Å²) in [7, 11) is 0. The molecule has 0 bridgehead atoms. The van der Waals surface area contributed by atoms with Gasteiger partial charge < -0.3 is 15.3 Å². The lowest BCUT2D eigenvalue weighted by molar-refractivity contribution is -0.142. The highest BCUT2D eigenvalue weighted by Crippen LogP contribution is 2.24. The summed E-state index contributed by atoms with van der Waals surface area (Å²) in [5.74, 6) is -1.29. The first-order valence-electron chi connectivity index (χ1n) is 5.96. The first-order chi connectivity index (χ1) is 8.99. The highest BCUT2D eigenvalue weighted by Gasteiger charge is 2.36. The van der Waals surface area contributed by atoms with Gasteiger partial charge in [0.2, 0.25) is 0 Å². The van der Waals surface area contributed by atoms with Crippen LogP contribution in [0.5, 0.6) is 0 Å². The van der Waals surface area contributed by atoms with Crippen LogP contribution in [0.3, 0.4) is 0 Å². The number of nitrogens with zero attached hydrogens (tertiary/aromatic N) is 1. The molecule has 1 aromatic heterocycles. The molecule has 1 saturated heterocycles. The third-order valence-corrected chi connectivity index (χ3v) is 5.23. The fraction of sp³-hybridized carbons (Fsp3) is 0.500. The largest absolute Gasteiger partial charge is 0.481 e. The minimum Gasteiger partial charge on any atom is -0.481 e. The Hall–Kier alpha value is -1.08. The predicted molar refractivity (Wildman–Crippen MR) is 76.1 cm³/mol. The highest BCUT2D eigenvalue weighted by atomic mass is 79.9. The minimum absolute atomic E-state index is 0.00303. The lowest BCUT2D eigenvalue weighted by Gasteiger charge is -2.16. The Balaban J connectivity index is 1.88. The summed E-state index contributed by atoms with van der Waals surface area (Å²) in [5, 5.41) is 13.8. The lowest BCUT2D eigenvalue weighted by Crippen LogP contribution is -2.38. The molecule has 7 heteroatoms. The van der Waals surface area contributed by atoms with Gasteiger partial charge in [0, 0.05) is 22.4 Å². The van der Waals surface area contributed by atoms with Crippen molar-refractivity contribution in [2.24, 2.45) is 11.8 Å². The van der Waals surface area contributed by atoms with Crippen LogP contribution >= 0.6 is 27.3 Å². The average Bonchev–Trinajstić information content (AvgIpc) is 2.92. The van der Waals surface area contributed by atoms with Gasteiger partial charge in [-0.05, 0) is 33.3 Å². The van der Waals surface area contributed by atoms with E-state index in [0.29, 0.717) is 13.1 Å². The Kier molecular flexibility index (Phi) is 4.46. The molecule has 0 saturated carbocycles. The van der Waals surface area contributed by atoms with Crippen LogP contribution in [-0.4, -0.2) is 35.1 Å². The number of hydrogen-bond acceptors (Lipinski definition) is 3. The number of aliphatic carboxylic acids is 1. The summed E-state index contributed by atoms with van der Waals surface area (Å²) < 4.78 is 0.982. The Labute approximate surface area is 123 Å². The molecule has 2 atom stereocenters. The molecule has 1 aromatic rings. The molecule has 2 rings (SSSR count). The number of halogens is 1. The Morgan fingerprint density at radius 1 is 1.58 bits per heavy atom. The van der Waals surface area contributed by atoms with Crippen LogP contribution in [-0.2, 0) is 11.3 Å². The number of urea groups is 1. The van der Waals surface area contributed by atoms with Gasteiger partial charge in [0.25, 0.3) is 0 Å². The van der Waals surface area contributed by atoms with Crippen molar-refractivity contribution in [3.8, 4) is 0 Å². The van der Waals surface area contributed by atoms with Crippen LogP contribution in [0.4, 0.5) is 4.79 Å². The molecule has 2 N–H and O–H groups in total. The molecule has 0 radical (unpaired) electrons. The molecule has 0 aliphatic carbocycles. The first kappa shape index (κ1) is 14.3. The number of carboxylic acids is 1. The van der Waals surface area contributed by atoms with Gasteiger partial charge in [-0.25, -0.2) is 4.79 Å². The normalized spacial score (nSPS) is 22.5. The zero-order valence-corrected chi connectivity index (χ0v) is 12.8. The van der Waals surface area contributed by atoms with Gasteiger partial charge in [-0.2, -0.15) is 0 Å². The second kappa shape index (κ2) is 5.92.